The van der Waals surface area contributed by atoms with Crippen molar-refractivity contribution < 1.29 is 18.7 Å². The number of benzene rings is 1. The van der Waals surface area contributed by atoms with Crippen molar-refractivity contribution in [1.29, 1.82) is 0 Å². The summed E-state index contributed by atoms with van der Waals surface area (Å²) < 4.78 is 11.3. The molecule has 0 radical (unpaired) electrons. The molecule has 2 N–H and O–H groups in total. The lowest BCUT2D eigenvalue weighted by atomic mass is 9.93. The minimum absolute atomic E-state index is 0.215. The first-order chi connectivity index (χ1) is 15.5. The summed E-state index contributed by atoms with van der Waals surface area (Å²) in [6.45, 7) is 8.40. The van der Waals surface area contributed by atoms with Crippen LogP contribution in [0.3, 0.4) is 0 Å². The predicted molar refractivity (Wildman–Crippen MR) is 121 cm³/mol. The molecule has 1 fully saturated rings. The summed E-state index contributed by atoms with van der Waals surface area (Å²) in [6.07, 6.45) is 2.33. The summed E-state index contributed by atoms with van der Waals surface area (Å²) in [5.41, 5.74) is 6.61. The summed E-state index contributed by atoms with van der Waals surface area (Å²) in [4.78, 5) is 27.5. The molecule has 1 aromatic carbocycles. The van der Waals surface area contributed by atoms with Gasteiger partial charge in [-0.25, -0.2) is 5.43 Å². The average molecular weight is 439 g/mol. The Hall–Kier alpha value is -2.97. The van der Waals surface area contributed by atoms with Gasteiger partial charge >= 0.3 is 0 Å². The first kappa shape index (κ1) is 22.2. The van der Waals surface area contributed by atoms with Gasteiger partial charge in [-0.1, -0.05) is 17.7 Å². The number of furan rings is 1. The summed E-state index contributed by atoms with van der Waals surface area (Å²) in [6, 6.07) is 7.38. The van der Waals surface area contributed by atoms with Gasteiger partial charge in [-0.3, -0.25) is 14.5 Å². The first-order valence-electron chi connectivity index (χ1n) is 11.2. The molecule has 0 unspecified atom stereocenters. The van der Waals surface area contributed by atoms with Crippen molar-refractivity contribution in [3.8, 4) is 0 Å². The highest BCUT2D eigenvalue weighted by Gasteiger charge is 2.28. The van der Waals surface area contributed by atoms with E-state index in [-0.39, 0.29) is 11.8 Å². The minimum Gasteiger partial charge on any atom is -0.455 e. The molecule has 0 bridgehead atoms. The second kappa shape index (κ2) is 10.1. The predicted octanol–water partition coefficient (Wildman–Crippen LogP) is 2.43. The van der Waals surface area contributed by atoms with Crippen molar-refractivity contribution in [3.63, 3.8) is 0 Å². The Kier molecular flexibility index (Phi) is 7.02. The monoisotopic (exact) mass is 438 g/mol. The number of hydrazone groups is 1. The number of aryl methyl sites for hydroxylation is 2. The van der Waals surface area contributed by atoms with Crippen LogP contribution >= 0.6 is 0 Å². The van der Waals surface area contributed by atoms with Crippen molar-refractivity contribution in [2.24, 2.45) is 5.10 Å². The van der Waals surface area contributed by atoms with Gasteiger partial charge in [-0.05, 0) is 38.8 Å². The highest BCUT2D eigenvalue weighted by atomic mass is 16.5. The van der Waals surface area contributed by atoms with Crippen LogP contribution in [-0.4, -0.2) is 61.8 Å². The van der Waals surface area contributed by atoms with Crippen LogP contribution in [0.4, 0.5) is 0 Å². The van der Waals surface area contributed by atoms with Gasteiger partial charge in [-0.15, -0.1) is 0 Å². The van der Waals surface area contributed by atoms with Gasteiger partial charge < -0.3 is 14.5 Å². The van der Waals surface area contributed by atoms with Gasteiger partial charge in [0.05, 0.1) is 18.9 Å². The number of fused-ring (bicyclic) bond motifs is 1. The molecular formula is C24H30N4O4. The highest BCUT2D eigenvalue weighted by Crippen LogP contribution is 2.29. The van der Waals surface area contributed by atoms with Gasteiger partial charge in [0.15, 0.2) is 5.76 Å². The van der Waals surface area contributed by atoms with E-state index in [0.29, 0.717) is 17.9 Å². The maximum atomic E-state index is 12.8. The molecule has 8 heteroatoms. The lowest BCUT2D eigenvalue weighted by Gasteiger charge is -2.26. The first-order valence-corrected chi connectivity index (χ1v) is 11.2. The number of carbonyl (C=O) groups is 2. The Balaban J connectivity index is 1.43. The Morgan fingerprint density at radius 3 is 2.72 bits per heavy atom. The van der Waals surface area contributed by atoms with E-state index in [1.165, 1.54) is 0 Å². The van der Waals surface area contributed by atoms with Crippen LogP contribution in [0.25, 0.3) is 0 Å². The Morgan fingerprint density at radius 2 is 1.94 bits per heavy atom. The van der Waals surface area contributed by atoms with E-state index < -0.39 is 0 Å². The molecule has 2 aliphatic rings. The second-order valence-electron chi connectivity index (χ2n) is 8.29. The number of morpholine rings is 1. The third kappa shape index (κ3) is 5.08. The van der Waals surface area contributed by atoms with Crippen LogP contribution in [-0.2, 0) is 11.2 Å². The number of hydrogen-bond donors (Lipinski definition) is 2. The normalized spacial score (nSPS) is 17.8. The van der Waals surface area contributed by atoms with E-state index >= 15 is 0 Å². The molecule has 0 atom stereocenters. The second-order valence-corrected chi connectivity index (χ2v) is 8.29. The molecule has 2 amide bonds. The number of ether oxygens (including phenoxy) is 1. The number of carbonyl (C=O) groups excluding carboxylic acids is 2. The van der Waals surface area contributed by atoms with E-state index in [1.807, 2.05) is 32.0 Å². The summed E-state index contributed by atoms with van der Waals surface area (Å²) in [5, 5.41) is 7.36. The van der Waals surface area contributed by atoms with E-state index in [0.717, 1.165) is 80.3 Å². The van der Waals surface area contributed by atoms with E-state index in [2.05, 4.69) is 20.7 Å². The maximum Gasteiger partial charge on any atom is 0.287 e. The molecule has 4 rings (SSSR count). The fraction of sp³-hybridized carbons (Fsp3) is 0.458. The number of nitrogens with one attached hydrogen (secondary N) is 2. The van der Waals surface area contributed by atoms with Crippen molar-refractivity contribution in [1.82, 2.24) is 15.6 Å². The largest absolute Gasteiger partial charge is 0.455 e. The summed E-state index contributed by atoms with van der Waals surface area (Å²) in [5.74, 6) is 0.621. The molecule has 170 valence electrons. The van der Waals surface area contributed by atoms with Crippen molar-refractivity contribution in [2.45, 2.75) is 33.1 Å². The zero-order valence-electron chi connectivity index (χ0n) is 18.7. The molecule has 8 nitrogen and oxygen atoms in total. The van der Waals surface area contributed by atoms with Crippen LogP contribution < -0.4 is 10.7 Å². The zero-order valence-corrected chi connectivity index (χ0v) is 18.7. The fourth-order valence-electron chi connectivity index (χ4n) is 4.20. The van der Waals surface area contributed by atoms with Crippen LogP contribution in [0.1, 0.15) is 56.2 Å². The highest BCUT2D eigenvalue weighted by molar-refractivity contribution is 6.07. The van der Waals surface area contributed by atoms with Crippen LogP contribution in [0.15, 0.2) is 33.8 Å². The fourth-order valence-corrected chi connectivity index (χ4v) is 4.20. The van der Waals surface area contributed by atoms with E-state index in [9.17, 15) is 9.59 Å². The standard InChI is InChI=1S/C24H30N4O4/c1-16-5-3-6-18(15-16)23(29)27-26-19-7-4-8-20-21(19)17(2)22(32-20)24(30)25-9-10-28-11-13-31-14-12-28/h3,5-6,15H,4,7-14H2,1-2H3,(H,25,30)(H,27,29)/b26-19+. The zero-order chi connectivity index (χ0) is 22.5. The SMILES string of the molecule is Cc1cccc(C(=O)N/N=C2\CCCc3oc(C(=O)NCCN4CCOCC4)c(C)c32)c1. The molecule has 2 heterocycles. The Morgan fingerprint density at radius 1 is 1.12 bits per heavy atom. The summed E-state index contributed by atoms with van der Waals surface area (Å²) >= 11 is 0. The van der Waals surface area contributed by atoms with Crippen molar-refractivity contribution in [3.05, 3.63) is 58.0 Å². The number of amides is 2. The molecule has 1 aromatic heterocycles. The molecule has 2 aromatic rings. The van der Waals surface area contributed by atoms with E-state index in [1.54, 1.807) is 6.07 Å². The smallest absolute Gasteiger partial charge is 0.287 e. The van der Waals surface area contributed by atoms with Crippen molar-refractivity contribution in [2.75, 3.05) is 39.4 Å². The van der Waals surface area contributed by atoms with E-state index in [4.69, 9.17) is 9.15 Å². The third-order valence-electron chi connectivity index (χ3n) is 5.92. The average Bonchev–Trinajstić information content (AvgIpc) is 3.15. The molecular weight excluding hydrogens is 408 g/mol. The molecule has 0 saturated carbocycles. The number of nitrogens with zero attached hydrogens (tertiary/aromatic N) is 2. The van der Waals surface area contributed by atoms with Gasteiger partial charge in [-0.2, -0.15) is 5.10 Å². The quantitative estimate of drug-likeness (QED) is 0.676. The third-order valence-corrected chi connectivity index (χ3v) is 5.92. The molecule has 1 aliphatic carbocycles. The molecule has 1 saturated heterocycles. The van der Waals surface area contributed by atoms with Gasteiger partial charge in [0.2, 0.25) is 0 Å². The topological polar surface area (TPSA) is 96.2 Å². The minimum atomic E-state index is -0.254. The van der Waals surface area contributed by atoms with Gasteiger partial charge in [0.25, 0.3) is 11.8 Å². The summed E-state index contributed by atoms with van der Waals surface area (Å²) in [7, 11) is 0. The molecule has 1 aliphatic heterocycles. The van der Waals surface area contributed by atoms with Crippen LogP contribution in [0.5, 0.6) is 0 Å². The lowest BCUT2D eigenvalue weighted by Crippen LogP contribution is -2.41. The Labute approximate surface area is 188 Å². The van der Waals surface area contributed by atoms with Gasteiger partial charge in [0.1, 0.15) is 5.76 Å². The van der Waals surface area contributed by atoms with Crippen LogP contribution in [0.2, 0.25) is 0 Å². The molecule has 32 heavy (non-hydrogen) atoms. The van der Waals surface area contributed by atoms with Gasteiger partial charge in [0, 0.05) is 49.3 Å². The van der Waals surface area contributed by atoms with Crippen molar-refractivity contribution >= 4 is 17.5 Å². The molecule has 0 spiro atoms. The number of rotatable bonds is 6. The maximum absolute atomic E-state index is 12.8. The Bertz CT molecular complexity index is 1020. The number of hydrogen-bond acceptors (Lipinski definition) is 6. The van der Waals surface area contributed by atoms with Crippen LogP contribution in [0, 0.1) is 13.8 Å². The lowest BCUT2D eigenvalue weighted by molar-refractivity contribution is 0.0382.